The molecule has 6 nitrogen and oxygen atoms in total. The van der Waals surface area contributed by atoms with Gasteiger partial charge in [0.2, 0.25) is 5.91 Å². The maximum atomic E-state index is 12.5. The Labute approximate surface area is 140 Å². The molecule has 3 amide bonds. The minimum atomic E-state index is -0.446. The van der Waals surface area contributed by atoms with Crippen molar-refractivity contribution in [2.45, 2.75) is 31.8 Å². The van der Waals surface area contributed by atoms with E-state index in [1.54, 1.807) is 30.0 Å². The number of nitrogens with one attached hydrogen (secondary N) is 1. The van der Waals surface area contributed by atoms with Crippen molar-refractivity contribution in [2.75, 3.05) is 25.5 Å². The second-order valence-electron chi connectivity index (χ2n) is 5.94. The van der Waals surface area contributed by atoms with Crippen molar-refractivity contribution >= 4 is 29.2 Å². The van der Waals surface area contributed by atoms with E-state index in [1.807, 2.05) is 4.90 Å². The highest BCUT2D eigenvalue weighted by Gasteiger charge is 2.42. The van der Waals surface area contributed by atoms with Gasteiger partial charge in [0.1, 0.15) is 11.8 Å². The zero-order chi connectivity index (χ0) is 16.6. The second kappa shape index (κ2) is 6.28. The summed E-state index contributed by atoms with van der Waals surface area (Å²) in [6.07, 6.45) is 1.96. The van der Waals surface area contributed by atoms with Crippen LogP contribution in [0.4, 0.5) is 10.5 Å². The Morgan fingerprint density at radius 1 is 1.43 bits per heavy atom. The number of hydrogen-bond donors (Lipinski definition) is 1. The topological polar surface area (TPSA) is 61.9 Å². The Morgan fingerprint density at radius 3 is 2.91 bits per heavy atom. The number of halogens is 1. The number of fused-ring (bicyclic) bond motifs is 1. The molecule has 2 aliphatic rings. The summed E-state index contributed by atoms with van der Waals surface area (Å²) in [5.41, 5.74) is 0.578. The third-order valence-electron chi connectivity index (χ3n) is 4.56. The van der Waals surface area contributed by atoms with Gasteiger partial charge in [-0.15, -0.1) is 0 Å². The van der Waals surface area contributed by atoms with E-state index >= 15 is 0 Å². The van der Waals surface area contributed by atoms with Crippen LogP contribution in [0.1, 0.15) is 19.8 Å². The van der Waals surface area contributed by atoms with E-state index in [4.69, 9.17) is 16.3 Å². The monoisotopic (exact) mass is 337 g/mol. The lowest BCUT2D eigenvalue weighted by Crippen LogP contribution is -2.60. The third kappa shape index (κ3) is 2.95. The van der Waals surface area contributed by atoms with E-state index in [0.29, 0.717) is 23.0 Å². The SMILES string of the molecule is COc1ccc(NC(=O)N2C[C@H]3CCCN3C(=O)[C@@H]2C)cc1Cl. The molecule has 3 rings (SSSR count). The van der Waals surface area contributed by atoms with Gasteiger partial charge in [0, 0.05) is 24.8 Å². The Hall–Kier alpha value is -1.95. The van der Waals surface area contributed by atoms with Gasteiger partial charge in [-0.05, 0) is 38.0 Å². The predicted octanol–water partition coefficient (Wildman–Crippen LogP) is 2.58. The fraction of sp³-hybridized carbons (Fsp3) is 0.500. The summed E-state index contributed by atoms with van der Waals surface area (Å²) in [5, 5.41) is 3.24. The quantitative estimate of drug-likeness (QED) is 0.902. The Morgan fingerprint density at radius 2 is 2.22 bits per heavy atom. The standard InChI is InChI=1S/C16H20ClN3O3/c1-10-15(21)19-7-3-4-12(19)9-20(10)16(22)18-11-5-6-14(23-2)13(17)8-11/h5-6,8,10,12H,3-4,7,9H2,1-2H3,(H,18,22)/t10-,12+/m0/s1. The molecule has 0 aromatic heterocycles. The van der Waals surface area contributed by atoms with Crippen LogP contribution in [0.3, 0.4) is 0 Å². The highest BCUT2D eigenvalue weighted by molar-refractivity contribution is 6.32. The van der Waals surface area contributed by atoms with Crippen LogP contribution >= 0.6 is 11.6 Å². The van der Waals surface area contributed by atoms with E-state index in [0.717, 1.165) is 19.4 Å². The van der Waals surface area contributed by atoms with E-state index in [9.17, 15) is 9.59 Å². The summed E-state index contributed by atoms with van der Waals surface area (Å²) in [5.74, 6) is 0.578. The van der Waals surface area contributed by atoms with Gasteiger partial charge in [-0.3, -0.25) is 4.79 Å². The van der Waals surface area contributed by atoms with Crippen molar-refractivity contribution < 1.29 is 14.3 Å². The summed E-state index contributed by atoms with van der Waals surface area (Å²) >= 11 is 6.07. The van der Waals surface area contributed by atoms with E-state index in [1.165, 1.54) is 7.11 Å². The molecule has 1 N–H and O–H groups in total. The van der Waals surface area contributed by atoms with Gasteiger partial charge in [-0.25, -0.2) is 4.79 Å². The number of carbonyl (C=O) groups excluding carboxylic acids is 2. The first-order valence-corrected chi connectivity index (χ1v) is 8.10. The number of ether oxygens (including phenoxy) is 1. The molecular formula is C16H20ClN3O3. The predicted molar refractivity (Wildman–Crippen MR) is 87.9 cm³/mol. The number of amides is 3. The summed E-state index contributed by atoms with van der Waals surface area (Å²) in [6, 6.07) is 4.47. The smallest absolute Gasteiger partial charge is 0.322 e. The normalized spacial score (nSPS) is 23.7. The number of urea groups is 1. The Balaban J connectivity index is 1.72. The van der Waals surface area contributed by atoms with Gasteiger partial charge in [0.25, 0.3) is 0 Å². The zero-order valence-electron chi connectivity index (χ0n) is 13.2. The number of nitrogens with zero attached hydrogens (tertiary/aromatic N) is 2. The van der Waals surface area contributed by atoms with Crippen molar-refractivity contribution in [1.29, 1.82) is 0 Å². The number of benzene rings is 1. The van der Waals surface area contributed by atoms with Crippen LogP contribution < -0.4 is 10.1 Å². The molecule has 0 unspecified atom stereocenters. The average Bonchev–Trinajstić information content (AvgIpc) is 2.99. The summed E-state index contributed by atoms with van der Waals surface area (Å²) in [7, 11) is 1.54. The molecule has 2 heterocycles. The number of piperazine rings is 1. The first kappa shape index (κ1) is 15.9. The molecule has 124 valence electrons. The number of rotatable bonds is 2. The Bertz CT molecular complexity index is 637. The van der Waals surface area contributed by atoms with Crippen molar-refractivity contribution in [3.63, 3.8) is 0 Å². The average molecular weight is 338 g/mol. The van der Waals surface area contributed by atoms with Gasteiger partial charge in [0.05, 0.1) is 12.1 Å². The van der Waals surface area contributed by atoms with Crippen molar-refractivity contribution in [1.82, 2.24) is 9.80 Å². The highest BCUT2D eigenvalue weighted by atomic mass is 35.5. The first-order chi connectivity index (χ1) is 11.0. The van der Waals surface area contributed by atoms with Crippen LogP contribution in [-0.2, 0) is 4.79 Å². The van der Waals surface area contributed by atoms with E-state index in [2.05, 4.69) is 5.32 Å². The van der Waals surface area contributed by atoms with Crippen LogP contribution in [-0.4, -0.2) is 54.0 Å². The minimum Gasteiger partial charge on any atom is -0.495 e. The largest absolute Gasteiger partial charge is 0.495 e. The Kier molecular flexibility index (Phi) is 4.35. The lowest BCUT2D eigenvalue weighted by molar-refractivity contribution is -0.140. The summed E-state index contributed by atoms with van der Waals surface area (Å²) in [6.45, 7) is 3.15. The van der Waals surface area contributed by atoms with Gasteiger partial charge < -0.3 is 19.9 Å². The molecular weight excluding hydrogens is 318 g/mol. The fourth-order valence-electron chi connectivity index (χ4n) is 3.27. The van der Waals surface area contributed by atoms with Crippen LogP contribution in [0.15, 0.2) is 18.2 Å². The fourth-order valence-corrected chi connectivity index (χ4v) is 3.53. The molecule has 2 aliphatic heterocycles. The number of carbonyl (C=O) groups is 2. The molecule has 0 radical (unpaired) electrons. The summed E-state index contributed by atoms with van der Waals surface area (Å²) < 4.78 is 5.09. The first-order valence-electron chi connectivity index (χ1n) is 7.73. The van der Waals surface area contributed by atoms with Crippen LogP contribution in [0, 0.1) is 0 Å². The van der Waals surface area contributed by atoms with Gasteiger partial charge in [0.15, 0.2) is 0 Å². The zero-order valence-corrected chi connectivity index (χ0v) is 14.0. The molecule has 1 aromatic carbocycles. The molecule has 0 aliphatic carbocycles. The molecule has 0 bridgehead atoms. The van der Waals surface area contributed by atoms with Crippen molar-refractivity contribution in [3.05, 3.63) is 23.2 Å². The molecule has 2 saturated heterocycles. The third-order valence-corrected chi connectivity index (χ3v) is 4.85. The van der Waals surface area contributed by atoms with Crippen molar-refractivity contribution in [2.24, 2.45) is 0 Å². The van der Waals surface area contributed by atoms with Crippen LogP contribution in [0.5, 0.6) is 5.75 Å². The molecule has 0 spiro atoms. The molecule has 1 aromatic rings. The highest BCUT2D eigenvalue weighted by Crippen LogP contribution is 2.29. The van der Waals surface area contributed by atoms with Crippen LogP contribution in [0.25, 0.3) is 0 Å². The molecule has 2 fully saturated rings. The molecule has 0 saturated carbocycles. The summed E-state index contributed by atoms with van der Waals surface area (Å²) in [4.78, 5) is 28.4. The molecule has 2 atom stereocenters. The van der Waals surface area contributed by atoms with Crippen molar-refractivity contribution in [3.8, 4) is 5.75 Å². The second-order valence-corrected chi connectivity index (χ2v) is 6.34. The van der Waals surface area contributed by atoms with Crippen LogP contribution in [0.2, 0.25) is 5.02 Å². The van der Waals surface area contributed by atoms with E-state index < -0.39 is 6.04 Å². The van der Waals surface area contributed by atoms with Gasteiger partial charge in [-0.2, -0.15) is 0 Å². The maximum Gasteiger partial charge on any atom is 0.322 e. The lowest BCUT2D eigenvalue weighted by atomic mass is 10.1. The lowest BCUT2D eigenvalue weighted by Gasteiger charge is -2.41. The van der Waals surface area contributed by atoms with Gasteiger partial charge >= 0.3 is 6.03 Å². The van der Waals surface area contributed by atoms with E-state index in [-0.39, 0.29) is 18.0 Å². The molecule has 23 heavy (non-hydrogen) atoms. The maximum absolute atomic E-state index is 12.5. The number of hydrogen-bond acceptors (Lipinski definition) is 3. The van der Waals surface area contributed by atoms with Gasteiger partial charge in [-0.1, -0.05) is 11.6 Å². The minimum absolute atomic E-state index is 0.0293. The number of anilines is 1. The molecule has 7 heteroatoms. The number of methoxy groups -OCH3 is 1.